The van der Waals surface area contributed by atoms with E-state index in [0.717, 1.165) is 18.4 Å². The van der Waals surface area contributed by atoms with Crippen LogP contribution in [0.1, 0.15) is 35.0 Å². The van der Waals surface area contributed by atoms with Gasteiger partial charge in [0, 0.05) is 11.6 Å². The smallest absolute Gasteiger partial charge is 0.241 e. The highest BCUT2D eigenvalue weighted by molar-refractivity contribution is 5.55. The zero-order chi connectivity index (χ0) is 16.5. The van der Waals surface area contributed by atoms with Gasteiger partial charge in [0.05, 0.1) is 6.54 Å². The van der Waals surface area contributed by atoms with Gasteiger partial charge in [0.1, 0.15) is 0 Å². The van der Waals surface area contributed by atoms with Crippen LogP contribution in [0.5, 0.6) is 0 Å². The van der Waals surface area contributed by atoms with Crippen molar-refractivity contribution < 1.29 is 4.52 Å². The van der Waals surface area contributed by atoms with Crippen LogP contribution in [0.25, 0.3) is 11.4 Å². The molecule has 24 heavy (non-hydrogen) atoms. The normalized spacial score (nSPS) is 16.5. The van der Waals surface area contributed by atoms with Crippen molar-refractivity contribution in [2.45, 2.75) is 32.4 Å². The highest BCUT2D eigenvalue weighted by Crippen LogP contribution is 2.35. The van der Waals surface area contributed by atoms with Crippen LogP contribution in [0.15, 0.2) is 53.1 Å². The van der Waals surface area contributed by atoms with Gasteiger partial charge in [-0.25, -0.2) is 0 Å². The summed E-state index contributed by atoms with van der Waals surface area (Å²) in [5.74, 6) is 1.33. The minimum atomic E-state index is 0.426. The lowest BCUT2D eigenvalue weighted by Gasteiger charge is -2.23. The van der Waals surface area contributed by atoms with Crippen LogP contribution in [-0.2, 0) is 13.0 Å². The number of hydrogen-bond donors (Lipinski definition) is 0. The highest BCUT2D eigenvalue weighted by Gasteiger charge is 2.26. The van der Waals surface area contributed by atoms with E-state index in [2.05, 4.69) is 65.4 Å². The molecule has 4 rings (SSSR count). The number of aromatic nitrogens is 2. The van der Waals surface area contributed by atoms with E-state index < -0.39 is 0 Å². The van der Waals surface area contributed by atoms with E-state index >= 15 is 0 Å². The average Bonchev–Trinajstić information content (AvgIpc) is 3.21. The van der Waals surface area contributed by atoms with Gasteiger partial charge in [-0.3, -0.25) is 4.90 Å². The number of rotatable bonds is 4. The molecule has 0 radical (unpaired) electrons. The molecule has 0 saturated heterocycles. The standard InChI is InChI=1S/C20H21N3O/c1-14-6-5-8-16(12-14)20-21-19(24-22-20)13-23(2)18-11-10-15-7-3-4-9-17(15)18/h3-9,12,18H,10-11,13H2,1-2H3/t18-/m0/s1. The summed E-state index contributed by atoms with van der Waals surface area (Å²) in [6.07, 6.45) is 2.29. The van der Waals surface area contributed by atoms with Crippen molar-refractivity contribution in [3.05, 3.63) is 71.1 Å². The van der Waals surface area contributed by atoms with Gasteiger partial charge in [0.15, 0.2) is 0 Å². The van der Waals surface area contributed by atoms with Crippen LogP contribution >= 0.6 is 0 Å². The quantitative estimate of drug-likeness (QED) is 0.724. The fourth-order valence-corrected chi connectivity index (χ4v) is 3.54. The first-order valence-electron chi connectivity index (χ1n) is 8.38. The molecule has 0 aliphatic heterocycles. The maximum Gasteiger partial charge on any atom is 0.241 e. The molecule has 122 valence electrons. The Bertz CT molecular complexity index is 855. The molecule has 0 unspecified atom stereocenters. The van der Waals surface area contributed by atoms with Gasteiger partial charge < -0.3 is 4.52 Å². The topological polar surface area (TPSA) is 42.2 Å². The molecule has 1 aliphatic rings. The Labute approximate surface area is 142 Å². The summed E-state index contributed by atoms with van der Waals surface area (Å²) in [5, 5.41) is 4.14. The van der Waals surface area contributed by atoms with Crippen LogP contribution in [0, 0.1) is 6.92 Å². The summed E-state index contributed by atoms with van der Waals surface area (Å²) in [7, 11) is 2.13. The van der Waals surface area contributed by atoms with Gasteiger partial charge in [-0.2, -0.15) is 4.98 Å². The van der Waals surface area contributed by atoms with Crippen molar-refractivity contribution in [1.29, 1.82) is 0 Å². The monoisotopic (exact) mass is 319 g/mol. The van der Waals surface area contributed by atoms with E-state index in [1.807, 2.05) is 12.1 Å². The molecule has 0 N–H and O–H groups in total. The molecular formula is C20H21N3O. The maximum absolute atomic E-state index is 5.47. The highest BCUT2D eigenvalue weighted by atomic mass is 16.5. The Morgan fingerprint density at radius 2 is 2.04 bits per heavy atom. The summed E-state index contributed by atoms with van der Waals surface area (Å²) in [5.41, 5.74) is 5.08. The molecule has 0 spiro atoms. The Morgan fingerprint density at radius 1 is 1.17 bits per heavy atom. The lowest BCUT2D eigenvalue weighted by molar-refractivity contribution is 0.204. The molecule has 3 aromatic rings. The summed E-state index contributed by atoms with van der Waals surface area (Å²) < 4.78 is 5.47. The molecule has 1 aromatic heterocycles. The van der Waals surface area contributed by atoms with E-state index in [-0.39, 0.29) is 0 Å². The molecule has 0 saturated carbocycles. The summed E-state index contributed by atoms with van der Waals surface area (Å²) >= 11 is 0. The van der Waals surface area contributed by atoms with Gasteiger partial charge in [-0.15, -0.1) is 0 Å². The average molecular weight is 319 g/mol. The molecule has 1 heterocycles. The third kappa shape index (κ3) is 2.85. The predicted octanol–water partition coefficient (Wildman–Crippen LogP) is 4.16. The molecule has 2 aromatic carbocycles. The fraction of sp³-hybridized carbons (Fsp3) is 0.300. The second kappa shape index (κ2) is 6.21. The largest absolute Gasteiger partial charge is 0.338 e. The zero-order valence-electron chi connectivity index (χ0n) is 14.1. The molecule has 1 aliphatic carbocycles. The van der Waals surface area contributed by atoms with Crippen LogP contribution in [0.2, 0.25) is 0 Å². The SMILES string of the molecule is Cc1cccc(-c2noc(CN(C)[C@H]3CCc4ccccc43)n2)c1. The minimum Gasteiger partial charge on any atom is -0.338 e. The Morgan fingerprint density at radius 3 is 2.92 bits per heavy atom. The van der Waals surface area contributed by atoms with E-state index in [0.29, 0.717) is 24.3 Å². The maximum atomic E-state index is 5.47. The number of hydrogen-bond acceptors (Lipinski definition) is 4. The molecule has 0 bridgehead atoms. The van der Waals surface area contributed by atoms with Gasteiger partial charge in [0.2, 0.25) is 11.7 Å². The molecule has 0 amide bonds. The van der Waals surface area contributed by atoms with Crippen molar-refractivity contribution in [3.8, 4) is 11.4 Å². The fourth-order valence-electron chi connectivity index (χ4n) is 3.54. The van der Waals surface area contributed by atoms with Crippen LogP contribution < -0.4 is 0 Å². The van der Waals surface area contributed by atoms with Gasteiger partial charge in [-0.05, 0) is 44.0 Å². The number of nitrogens with zero attached hydrogens (tertiary/aromatic N) is 3. The van der Waals surface area contributed by atoms with Crippen molar-refractivity contribution in [2.75, 3.05) is 7.05 Å². The summed E-state index contributed by atoms with van der Waals surface area (Å²) in [6, 6.07) is 17.3. The zero-order valence-corrected chi connectivity index (χ0v) is 14.1. The van der Waals surface area contributed by atoms with E-state index in [1.165, 1.54) is 16.7 Å². The van der Waals surface area contributed by atoms with Gasteiger partial charge in [0.25, 0.3) is 0 Å². The van der Waals surface area contributed by atoms with E-state index in [4.69, 9.17) is 4.52 Å². The first-order valence-corrected chi connectivity index (χ1v) is 8.38. The first kappa shape index (κ1) is 15.1. The molecule has 1 atom stereocenters. The first-order chi connectivity index (χ1) is 11.7. The van der Waals surface area contributed by atoms with Gasteiger partial charge in [-0.1, -0.05) is 53.2 Å². The lowest BCUT2D eigenvalue weighted by Crippen LogP contribution is -2.22. The lowest BCUT2D eigenvalue weighted by atomic mass is 10.1. The van der Waals surface area contributed by atoms with Gasteiger partial charge >= 0.3 is 0 Å². The molecular weight excluding hydrogens is 298 g/mol. The Balaban J connectivity index is 1.50. The second-order valence-corrected chi connectivity index (χ2v) is 6.55. The third-order valence-electron chi connectivity index (χ3n) is 4.76. The Kier molecular flexibility index (Phi) is 3.90. The van der Waals surface area contributed by atoms with Crippen LogP contribution in [0.3, 0.4) is 0 Å². The minimum absolute atomic E-state index is 0.426. The summed E-state index contributed by atoms with van der Waals surface area (Å²) in [4.78, 5) is 6.87. The molecule has 4 nitrogen and oxygen atoms in total. The molecule has 4 heteroatoms. The molecule has 0 fully saturated rings. The van der Waals surface area contributed by atoms with Crippen LogP contribution in [-0.4, -0.2) is 22.1 Å². The number of fused-ring (bicyclic) bond motifs is 1. The van der Waals surface area contributed by atoms with Crippen molar-refractivity contribution in [3.63, 3.8) is 0 Å². The van der Waals surface area contributed by atoms with E-state index in [1.54, 1.807) is 0 Å². The van der Waals surface area contributed by atoms with Crippen LogP contribution in [0.4, 0.5) is 0 Å². The van der Waals surface area contributed by atoms with Crippen molar-refractivity contribution in [1.82, 2.24) is 15.0 Å². The second-order valence-electron chi connectivity index (χ2n) is 6.55. The summed E-state index contributed by atoms with van der Waals surface area (Å²) in [6.45, 7) is 2.73. The van der Waals surface area contributed by atoms with Crippen molar-refractivity contribution >= 4 is 0 Å². The predicted molar refractivity (Wildman–Crippen MR) is 93.4 cm³/mol. The number of benzene rings is 2. The Hall–Kier alpha value is -2.46. The third-order valence-corrected chi connectivity index (χ3v) is 4.76. The van der Waals surface area contributed by atoms with Crippen molar-refractivity contribution in [2.24, 2.45) is 0 Å². The number of aryl methyl sites for hydroxylation is 2. The van der Waals surface area contributed by atoms with E-state index in [9.17, 15) is 0 Å².